The first-order valence-corrected chi connectivity index (χ1v) is 7.47. The molecule has 110 valence electrons. The number of rotatable bonds is 4. The lowest BCUT2D eigenvalue weighted by atomic mass is 10.1. The van der Waals surface area contributed by atoms with Crippen molar-refractivity contribution in [2.75, 3.05) is 0 Å². The molecule has 0 bridgehead atoms. The molecule has 7 heteroatoms. The zero-order valence-corrected chi connectivity index (χ0v) is 11.9. The molecule has 0 radical (unpaired) electrons. The summed E-state index contributed by atoms with van der Waals surface area (Å²) in [7, 11) is -3.91. The Morgan fingerprint density at radius 1 is 1.14 bits per heavy atom. The summed E-state index contributed by atoms with van der Waals surface area (Å²) in [5.74, 6) is -0.600. The van der Waals surface area contributed by atoms with Crippen LogP contribution in [0.4, 0.5) is 0 Å². The fourth-order valence-electron chi connectivity index (χ4n) is 1.78. The molecule has 6 nitrogen and oxygen atoms in total. The van der Waals surface area contributed by atoms with E-state index in [0.29, 0.717) is 11.3 Å². The third-order valence-corrected chi connectivity index (χ3v) is 3.75. The molecular formula is C14H13NO5S. The third kappa shape index (κ3) is 3.39. The lowest BCUT2D eigenvalue weighted by Crippen LogP contribution is -2.13. The van der Waals surface area contributed by atoms with Gasteiger partial charge in [-0.3, -0.25) is 0 Å². The van der Waals surface area contributed by atoms with Crippen LogP contribution in [-0.4, -0.2) is 19.5 Å². The van der Waals surface area contributed by atoms with E-state index in [1.807, 2.05) is 0 Å². The zero-order chi connectivity index (χ0) is 15.6. The van der Waals surface area contributed by atoms with Crippen LogP contribution in [0.1, 0.15) is 15.9 Å². The predicted octanol–water partition coefficient (Wildman–Crippen LogP) is 2.13. The summed E-state index contributed by atoms with van der Waals surface area (Å²) < 4.78 is 28.5. The van der Waals surface area contributed by atoms with E-state index in [-0.39, 0.29) is 16.2 Å². The molecule has 0 amide bonds. The Morgan fingerprint density at radius 3 is 2.38 bits per heavy atom. The molecule has 0 aliphatic rings. The van der Waals surface area contributed by atoms with Crippen molar-refractivity contribution < 1.29 is 23.1 Å². The van der Waals surface area contributed by atoms with Gasteiger partial charge in [-0.05, 0) is 42.8 Å². The Hall–Kier alpha value is -2.38. The highest BCUT2D eigenvalue weighted by Crippen LogP contribution is 2.30. The maximum Gasteiger partial charge on any atom is 0.335 e. The molecule has 0 spiro atoms. The largest absolute Gasteiger partial charge is 0.478 e. The van der Waals surface area contributed by atoms with Gasteiger partial charge in [-0.2, -0.15) is 0 Å². The Labute approximate surface area is 121 Å². The summed E-state index contributed by atoms with van der Waals surface area (Å²) in [4.78, 5) is 10.7. The molecule has 0 aliphatic heterocycles. The van der Waals surface area contributed by atoms with Crippen molar-refractivity contribution in [1.29, 1.82) is 0 Å². The average molecular weight is 307 g/mol. The summed E-state index contributed by atoms with van der Waals surface area (Å²) >= 11 is 0. The first kappa shape index (κ1) is 15.0. The van der Waals surface area contributed by atoms with Crippen LogP contribution in [0.3, 0.4) is 0 Å². The van der Waals surface area contributed by atoms with Crippen molar-refractivity contribution in [1.82, 2.24) is 0 Å². The monoisotopic (exact) mass is 307 g/mol. The summed E-state index contributed by atoms with van der Waals surface area (Å²) in [6.45, 7) is 1.67. The molecule has 0 saturated heterocycles. The lowest BCUT2D eigenvalue weighted by molar-refractivity contribution is 0.0696. The fraction of sp³-hybridized carbons (Fsp3) is 0.0714. The van der Waals surface area contributed by atoms with Gasteiger partial charge in [0.1, 0.15) is 16.4 Å². The van der Waals surface area contributed by atoms with E-state index in [9.17, 15) is 13.2 Å². The van der Waals surface area contributed by atoms with Crippen LogP contribution < -0.4 is 9.88 Å². The molecule has 3 N–H and O–H groups in total. The minimum Gasteiger partial charge on any atom is -0.478 e. The van der Waals surface area contributed by atoms with Crippen LogP contribution in [0.5, 0.6) is 11.5 Å². The number of hydrogen-bond acceptors (Lipinski definition) is 4. The molecule has 2 aromatic carbocycles. The van der Waals surface area contributed by atoms with Crippen LogP contribution in [0.2, 0.25) is 0 Å². The van der Waals surface area contributed by atoms with E-state index in [1.165, 1.54) is 36.4 Å². The number of para-hydroxylation sites is 1. The molecule has 0 aliphatic carbocycles. The smallest absolute Gasteiger partial charge is 0.335 e. The van der Waals surface area contributed by atoms with Gasteiger partial charge in [0.2, 0.25) is 10.0 Å². The van der Waals surface area contributed by atoms with Gasteiger partial charge in [0.25, 0.3) is 0 Å². The molecule has 21 heavy (non-hydrogen) atoms. The second-order valence-electron chi connectivity index (χ2n) is 4.38. The van der Waals surface area contributed by atoms with Crippen molar-refractivity contribution in [3.63, 3.8) is 0 Å². The zero-order valence-electron chi connectivity index (χ0n) is 11.1. The molecule has 0 aromatic heterocycles. The summed E-state index contributed by atoms with van der Waals surface area (Å²) in [6.07, 6.45) is 0. The van der Waals surface area contributed by atoms with E-state index < -0.39 is 16.0 Å². The summed E-state index contributed by atoms with van der Waals surface area (Å²) in [5.41, 5.74) is 0.693. The number of aryl methyl sites for hydroxylation is 1. The minimum atomic E-state index is -3.91. The van der Waals surface area contributed by atoms with Crippen molar-refractivity contribution >= 4 is 16.0 Å². The Kier molecular flexibility index (Phi) is 3.97. The van der Waals surface area contributed by atoms with E-state index in [4.69, 9.17) is 15.0 Å². The van der Waals surface area contributed by atoms with E-state index >= 15 is 0 Å². The van der Waals surface area contributed by atoms with Crippen LogP contribution >= 0.6 is 0 Å². The Balaban J connectivity index is 2.42. The van der Waals surface area contributed by atoms with Gasteiger partial charge < -0.3 is 9.84 Å². The number of aromatic carboxylic acids is 1. The van der Waals surface area contributed by atoms with Crippen molar-refractivity contribution in [3.05, 3.63) is 53.6 Å². The van der Waals surface area contributed by atoms with E-state index in [2.05, 4.69) is 0 Å². The Morgan fingerprint density at radius 2 is 1.81 bits per heavy atom. The molecule has 2 aromatic rings. The highest BCUT2D eigenvalue weighted by atomic mass is 32.2. The van der Waals surface area contributed by atoms with Crippen LogP contribution in [0.25, 0.3) is 0 Å². The average Bonchev–Trinajstić information content (AvgIpc) is 2.40. The first-order chi connectivity index (χ1) is 9.79. The van der Waals surface area contributed by atoms with Gasteiger partial charge in [0.15, 0.2) is 0 Å². The number of sulfonamides is 1. The standard InChI is InChI=1S/C14H13NO5S/c1-9-8-10(14(16)17)6-7-11(9)20-12-4-2-3-5-13(12)21(15,18)19/h2-8H,1H3,(H,16,17)(H2,15,18,19). The number of hydrogen-bond donors (Lipinski definition) is 2. The number of primary sulfonamides is 1. The van der Waals surface area contributed by atoms with Crippen LogP contribution in [-0.2, 0) is 10.0 Å². The minimum absolute atomic E-state index is 0.0891. The summed E-state index contributed by atoms with van der Waals surface area (Å²) in [6, 6.07) is 10.3. The van der Waals surface area contributed by atoms with Gasteiger partial charge in [0.05, 0.1) is 5.56 Å². The van der Waals surface area contributed by atoms with Gasteiger partial charge in [0, 0.05) is 0 Å². The molecular weight excluding hydrogens is 294 g/mol. The van der Waals surface area contributed by atoms with Gasteiger partial charge >= 0.3 is 5.97 Å². The quantitative estimate of drug-likeness (QED) is 0.899. The van der Waals surface area contributed by atoms with Crippen LogP contribution in [0, 0.1) is 6.92 Å². The van der Waals surface area contributed by atoms with Gasteiger partial charge in [-0.25, -0.2) is 18.4 Å². The van der Waals surface area contributed by atoms with Crippen molar-refractivity contribution in [2.45, 2.75) is 11.8 Å². The molecule has 0 atom stereocenters. The second kappa shape index (κ2) is 5.55. The topological polar surface area (TPSA) is 107 Å². The summed E-state index contributed by atoms with van der Waals surface area (Å²) in [5, 5.41) is 14.0. The Bertz CT molecular complexity index is 799. The number of carboxylic acid groups (broad SMARTS) is 1. The highest BCUT2D eigenvalue weighted by Gasteiger charge is 2.16. The molecule has 2 rings (SSSR count). The molecule has 0 fully saturated rings. The highest BCUT2D eigenvalue weighted by molar-refractivity contribution is 7.89. The number of benzene rings is 2. The number of carbonyl (C=O) groups is 1. The van der Waals surface area contributed by atoms with E-state index in [0.717, 1.165) is 0 Å². The molecule has 0 unspecified atom stereocenters. The van der Waals surface area contributed by atoms with Crippen molar-refractivity contribution in [2.24, 2.45) is 5.14 Å². The normalized spacial score (nSPS) is 11.1. The molecule has 0 heterocycles. The number of carboxylic acids is 1. The lowest BCUT2D eigenvalue weighted by Gasteiger charge is -2.12. The predicted molar refractivity (Wildman–Crippen MR) is 76.0 cm³/mol. The number of ether oxygens (including phenoxy) is 1. The van der Waals surface area contributed by atoms with E-state index in [1.54, 1.807) is 13.0 Å². The van der Waals surface area contributed by atoms with Crippen molar-refractivity contribution in [3.8, 4) is 11.5 Å². The van der Waals surface area contributed by atoms with Gasteiger partial charge in [-0.1, -0.05) is 12.1 Å². The maximum absolute atomic E-state index is 11.5. The van der Waals surface area contributed by atoms with Gasteiger partial charge in [-0.15, -0.1) is 0 Å². The number of nitrogens with two attached hydrogens (primary N) is 1. The fourth-order valence-corrected chi connectivity index (χ4v) is 2.44. The SMILES string of the molecule is Cc1cc(C(=O)O)ccc1Oc1ccccc1S(N)(=O)=O. The molecule has 0 saturated carbocycles. The first-order valence-electron chi connectivity index (χ1n) is 5.92. The third-order valence-electron chi connectivity index (χ3n) is 2.80. The second-order valence-corrected chi connectivity index (χ2v) is 5.91. The van der Waals surface area contributed by atoms with Crippen LogP contribution in [0.15, 0.2) is 47.4 Å². The maximum atomic E-state index is 11.5.